The highest BCUT2D eigenvalue weighted by Crippen LogP contribution is 2.33. The van der Waals surface area contributed by atoms with Gasteiger partial charge in [-0.3, -0.25) is 4.98 Å². The van der Waals surface area contributed by atoms with E-state index in [9.17, 15) is 8.78 Å². The summed E-state index contributed by atoms with van der Waals surface area (Å²) >= 11 is 0. The van der Waals surface area contributed by atoms with E-state index in [-0.39, 0.29) is 5.75 Å². The maximum absolute atomic E-state index is 12.3. The fourth-order valence-corrected chi connectivity index (χ4v) is 3.11. The van der Waals surface area contributed by atoms with Crippen molar-refractivity contribution in [3.8, 4) is 5.75 Å². The monoisotopic (exact) mass is 333 g/mol. The molecule has 1 saturated heterocycles. The number of nitrogens with zero attached hydrogens (tertiary/aromatic N) is 2. The van der Waals surface area contributed by atoms with Gasteiger partial charge in [0.15, 0.2) is 0 Å². The number of ether oxygens (including phenoxy) is 1. The van der Waals surface area contributed by atoms with E-state index in [4.69, 9.17) is 0 Å². The molecule has 0 radical (unpaired) electrons. The quantitative estimate of drug-likeness (QED) is 0.901. The van der Waals surface area contributed by atoms with Crippen molar-refractivity contribution in [1.29, 1.82) is 0 Å². The number of aryl methyl sites for hydroxylation is 1. The van der Waals surface area contributed by atoms with Gasteiger partial charge in [0.05, 0.1) is 11.9 Å². The Morgan fingerprint density at radius 3 is 2.50 bits per heavy atom. The van der Waals surface area contributed by atoms with Crippen molar-refractivity contribution >= 4 is 11.4 Å². The summed E-state index contributed by atoms with van der Waals surface area (Å²) in [5.41, 5.74) is 3.14. The summed E-state index contributed by atoms with van der Waals surface area (Å²) in [6, 6.07) is 9.15. The van der Waals surface area contributed by atoms with Gasteiger partial charge in [-0.2, -0.15) is 8.78 Å². The lowest BCUT2D eigenvalue weighted by atomic mass is 10.0. The number of benzene rings is 1. The molecule has 0 aliphatic carbocycles. The number of piperidine rings is 1. The van der Waals surface area contributed by atoms with Crippen molar-refractivity contribution in [2.24, 2.45) is 0 Å². The molecule has 2 heterocycles. The fourth-order valence-electron chi connectivity index (χ4n) is 3.11. The standard InChI is InChI=1S/C18H21F2N3O/c1-13-6-9-22-12-17(13)23(15-7-10-21-11-8-15)14-2-4-16(5-3-14)24-18(19)20/h2-6,9,12,15,18,21H,7-8,10-11H2,1H3. The summed E-state index contributed by atoms with van der Waals surface area (Å²) < 4.78 is 29.1. The van der Waals surface area contributed by atoms with Gasteiger partial charge in [-0.25, -0.2) is 0 Å². The smallest absolute Gasteiger partial charge is 0.387 e. The number of alkyl halides is 2. The van der Waals surface area contributed by atoms with Gasteiger partial charge in [-0.1, -0.05) is 0 Å². The molecule has 0 bridgehead atoms. The van der Waals surface area contributed by atoms with Crippen LogP contribution in [0.4, 0.5) is 20.2 Å². The molecular weight excluding hydrogens is 312 g/mol. The molecule has 1 aliphatic rings. The summed E-state index contributed by atoms with van der Waals surface area (Å²) in [4.78, 5) is 6.52. The molecule has 0 spiro atoms. The predicted octanol–water partition coefficient (Wildman–Crippen LogP) is 3.88. The summed E-state index contributed by atoms with van der Waals surface area (Å²) in [6.45, 7) is 1.18. The van der Waals surface area contributed by atoms with Crippen molar-refractivity contribution in [2.75, 3.05) is 18.0 Å². The van der Waals surface area contributed by atoms with Crippen molar-refractivity contribution in [2.45, 2.75) is 32.4 Å². The van der Waals surface area contributed by atoms with Crippen molar-refractivity contribution < 1.29 is 13.5 Å². The van der Waals surface area contributed by atoms with Gasteiger partial charge in [0, 0.05) is 17.9 Å². The molecule has 3 rings (SSSR count). The van der Waals surface area contributed by atoms with E-state index in [0.717, 1.165) is 42.9 Å². The molecule has 2 aromatic rings. The predicted molar refractivity (Wildman–Crippen MR) is 90.1 cm³/mol. The minimum Gasteiger partial charge on any atom is -0.435 e. The van der Waals surface area contributed by atoms with Crippen LogP contribution in [-0.2, 0) is 0 Å². The van der Waals surface area contributed by atoms with Crippen LogP contribution in [0.25, 0.3) is 0 Å². The van der Waals surface area contributed by atoms with E-state index in [1.165, 1.54) is 0 Å². The molecule has 128 valence electrons. The number of aromatic nitrogens is 1. The molecule has 1 aromatic carbocycles. The van der Waals surface area contributed by atoms with Crippen LogP contribution < -0.4 is 15.0 Å². The number of hydrogen-bond donors (Lipinski definition) is 1. The van der Waals surface area contributed by atoms with Crippen LogP contribution in [0.15, 0.2) is 42.7 Å². The third kappa shape index (κ3) is 3.82. The molecule has 0 unspecified atom stereocenters. The summed E-state index contributed by atoms with van der Waals surface area (Å²) in [5.74, 6) is 0.168. The zero-order chi connectivity index (χ0) is 16.9. The number of rotatable bonds is 5. The van der Waals surface area contributed by atoms with Gasteiger partial charge in [0.1, 0.15) is 5.75 Å². The second-order valence-electron chi connectivity index (χ2n) is 5.89. The topological polar surface area (TPSA) is 37.4 Å². The molecular formula is C18H21F2N3O. The Balaban J connectivity index is 1.93. The van der Waals surface area contributed by atoms with Crippen molar-refractivity contribution in [1.82, 2.24) is 10.3 Å². The number of anilines is 2. The molecule has 1 aliphatic heterocycles. The van der Waals surface area contributed by atoms with Crippen molar-refractivity contribution in [3.05, 3.63) is 48.3 Å². The van der Waals surface area contributed by atoms with Crippen LogP contribution in [0.3, 0.4) is 0 Å². The van der Waals surface area contributed by atoms with Gasteiger partial charge >= 0.3 is 6.61 Å². The molecule has 24 heavy (non-hydrogen) atoms. The van der Waals surface area contributed by atoms with Crippen LogP contribution >= 0.6 is 0 Å². The van der Waals surface area contributed by atoms with E-state index in [0.29, 0.717) is 6.04 Å². The lowest BCUT2D eigenvalue weighted by Gasteiger charge is -2.37. The van der Waals surface area contributed by atoms with Crippen LogP contribution in [0.1, 0.15) is 18.4 Å². The Bertz CT molecular complexity index is 658. The Morgan fingerprint density at radius 1 is 1.17 bits per heavy atom. The summed E-state index contributed by atoms with van der Waals surface area (Å²) in [6.07, 6.45) is 5.67. The number of nitrogens with one attached hydrogen (secondary N) is 1. The zero-order valence-electron chi connectivity index (χ0n) is 13.6. The Labute approximate surface area is 140 Å². The molecule has 0 saturated carbocycles. The zero-order valence-corrected chi connectivity index (χ0v) is 13.6. The summed E-state index contributed by atoms with van der Waals surface area (Å²) in [5, 5.41) is 3.37. The Morgan fingerprint density at radius 2 is 1.88 bits per heavy atom. The average molecular weight is 333 g/mol. The van der Waals surface area contributed by atoms with E-state index in [2.05, 4.69) is 26.9 Å². The average Bonchev–Trinajstić information content (AvgIpc) is 2.59. The first kappa shape index (κ1) is 16.6. The van der Waals surface area contributed by atoms with Crippen LogP contribution in [-0.4, -0.2) is 30.7 Å². The van der Waals surface area contributed by atoms with Gasteiger partial charge in [0.2, 0.25) is 0 Å². The molecule has 4 nitrogen and oxygen atoms in total. The number of pyridine rings is 1. The SMILES string of the molecule is Cc1ccncc1N(c1ccc(OC(F)F)cc1)C1CCNCC1. The molecule has 0 atom stereocenters. The minimum absolute atomic E-state index is 0.168. The first-order valence-corrected chi connectivity index (χ1v) is 8.10. The van der Waals surface area contributed by atoms with Crippen molar-refractivity contribution in [3.63, 3.8) is 0 Å². The lowest BCUT2D eigenvalue weighted by Crippen LogP contribution is -2.41. The van der Waals surface area contributed by atoms with Gasteiger partial charge in [0.25, 0.3) is 0 Å². The first-order valence-electron chi connectivity index (χ1n) is 8.10. The molecule has 0 amide bonds. The van der Waals surface area contributed by atoms with Gasteiger partial charge in [-0.05, 0) is 68.8 Å². The second kappa shape index (κ2) is 7.57. The van der Waals surface area contributed by atoms with E-state index >= 15 is 0 Å². The second-order valence-corrected chi connectivity index (χ2v) is 5.89. The van der Waals surface area contributed by atoms with Gasteiger partial charge < -0.3 is 15.0 Å². The Kier molecular flexibility index (Phi) is 5.25. The number of hydrogen-bond acceptors (Lipinski definition) is 4. The highest BCUT2D eigenvalue weighted by Gasteiger charge is 2.24. The largest absolute Gasteiger partial charge is 0.435 e. The molecule has 6 heteroatoms. The number of halogens is 2. The molecule has 1 N–H and O–H groups in total. The normalized spacial score (nSPS) is 15.5. The minimum atomic E-state index is -2.81. The molecule has 1 aromatic heterocycles. The Hall–Kier alpha value is -2.21. The highest BCUT2D eigenvalue weighted by atomic mass is 19.3. The first-order chi connectivity index (χ1) is 11.6. The fraction of sp³-hybridized carbons (Fsp3) is 0.389. The third-order valence-electron chi connectivity index (χ3n) is 4.28. The van der Waals surface area contributed by atoms with Crippen LogP contribution in [0.2, 0.25) is 0 Å². The maximum Gasteiger partial charge on any atom is 0.387 e. The third-order valence-corrected chi connectivity index (χ3v) is 4.28. The van der Waals surface area contributed by atoms with E-state index in [1.54, 1.807) is 18.3 Å². The summed E-state index contributed by atoms with van der Waals surface area (Å²) in [7, 11) is 0. The van der Waals surface area contributed by atoms with Crippen LogP contribution in [0, 0.1) is 6.92 Å². The highest BCUT2D eigenvalue weighted by molar-refractivity contribution is 5.67. The molecule has 1 fully saturated rings. The van der Waals surface area contributed by atoms with E-state index < -0.39 is 6.61 Å². The van der Waals surface area contributed by atoms with E-state index in [1.807, 2.05) is 24.4 Å². The van der Waals surface area contributed by atoms with Gasteiger partial charge in [-0.15, -0.1) is 0 Å². The lowest BCUT2D eigenvalue weighted by molar-refractivity contribution is -0.0498. The maximum atomic E-state index is 12.3. The van der Waals surface area contributed by atoms with Crippen LogP contribution in [0.5, 0.6) is 5.75 Å².